The fourth-order valence-electron chi connectivity index (χ4n) is 4.65. The van der Waals surface area contributed by atoms with Gasteiger partial charge in [0.2, 0.25) is 5.75 Å². The van der Waals surface area contributed by atoms with Crippen molar-refractivity contribution in [3.05, 3.63) is 59.4 Å². The summed E-state index contributed by atoms with van der Waals surface area (Å²) in [5.41, 5.74) is 2.06. The number of rotatable bonds is 8. The highest BCUT2D eigenvalue weighted by atomic mass is 16.5. The number of ether oxygens (including phenoxy) is 3. The highest BCUT2D eigenvalue weighted by Crippen LogP contribution is 2.42. The first-order chi connectivity index (χ1) is 16.9. The van der Waals surface area contributed by atoms with Crippen molar-refractivity contribution in [1.29, 1.82) is 0 Å². The molecule has 0 N–H and O–H groups in total. The van der Waals surface area contributed by atoms with Crippen LogP contribution in [0.15, 0.2) is 42.5 Å². The van der Waals surface area contributed by atoms with Gasteiger partial charge in [-0.2, -0.15) is 0 Å². The summed E-state index contributed by atoms with van der Waals surface area (Å²) in [6.07, 6.45) is 0. The maximum atomic E-state index is 5.66. The van der Waals surface area contributed by atoms with E-state index in [0.717, 1.165) is 44.1 Å². The molecule has 188 valence electrons. The average Bonchev–Trinajstić information content (AvgIpc) is 3.35. The summed E-state index contributed by atoms with van der Waals surface area (Å²) >= 11 is 0. The van der Waals surface area contributed by atoms with E-state index in [1.165, 1.54) is 5.56 Å². The molecule has 2 heterocycles. The Morgan fingerprint density at radius 3 is 2.06 bits per heavy atom. The second kappa shape index (κ2) is 10.6. The fraction of sp³-hybridized carbons (Fsp3) is 0.500. The molecule has 9 nitrogen and oxygen atoms in total. The molecule has 3 aromatic rings. The Balaban J connectivity index is 1.69. The van der Waals surface area contributed by atoms with Crippen LogP contribution in [0.4, 0.5) is 0 Å². The molecule has 1 atom stereocenters. The molecule has 1 fully saturated rings. The van der Waals surface area contributed by atoms with Crippen LogP contribution in [0.3, 0.4) is 0 Å². The molecule has 4 rings (SSSR count). The molecule has 1 saturated heterocycles. The molecule has 2 aromatic carbocycles. The van der Waals surface area contributed by atoms with Crippen LogP contribution in [-0.4, -0.2) is 77.5 Å². The molecule has 1 aliphatic heterocycles. The molecule has 0 spiro atoms. The van der Waals surface area contributed by atoms with E-state index in [-0.39, 0.29) is 11.6 Å². The molecule has 0 saturated carbocycles. The highest BCUT2D eigenvalue weighted by molar-refractivity contribution is 5.55. The van der Waals surface area contributed by atoms with E-state index in [9.17, 15) is 0 Å². The maximum Gasteiger partial charge on any atom is 0.203 e. The fourth-order valence-corrected chi connectivity index (χ4v) is 4.65. The number of hydrogen-bond donors (Lipinski definition) is 0. The van der Waals surface area contributed by atoms with Crippen LogP contribution in [0, 0.1) is 0 Å². The van der Waals surface area contributed by atoms with E-state index >= 15 is 0 Å². The van der Waals surface area contributed by atoms with Gasteiger partial charge in [-0.05, 0) is 54.5 Å². The smallest absolute Gasteiger partial charge is 0.203 e. The third kappa shape index (κ3) is 5.41. The molecule has 1 aliphatic rings. The van der Waals surface area contributed by atoms with Gasteiger partial charge < -0.3 is 14.2 Å². The Bertz CT molecular complexity index is 1080. The molecule has 0 amide bonds. The van der Waals surface area contributed by atoms with E-state index in [0.29, 0.717) is 17.2 Å². The van der Waals surface area contributed by atoms with Gasteiger partial charge in [-0.1, -0.05) is 30.3 Å². The molecule has 35 heavy (non-hydrogen) atoms. The zero-order valence-electron chi connectivity index (χ0n) is 21.6. The van der Waals surface area contributed by atoms with Gasteiger partial charge in [0.05, 0.1) is 32.9 Å². The number of piperazine rings is 1. The van der Waals surface area contributed by atoms with E-state index < -0.39 is 0 Å². The summed E-state index contributed by atoms with van der Waals surface area (Å²) in [5.74, 6) is 2.59. The minimum Gasteiger partial charge on any atom is -0.493 e. The normalized spacial score (nSPS) is 16.2. The third-order valence-electron chi connectivity index (χ3n) is 6.40. The second-order valence-electron chi connectivity index (χ2n) is 9.78. The van der Waals surface area contributed by atoms with Gasteiger partial charge in [-0.3, -0.25) is 9.80 Å². The molecule has 0 unspecified atom stereocenters. The minimum atomic E-state index is -0.271. The van der Waals surface area contributed by atoms with Crippen LogP contribution in [0.2, 0.25) is 0 Å². The zero-order chi connectivity index (χ0) is 25.0. The van der Waals surface area contributed by atoms with E-state index in [2.05, 4.69) is 76.4 Å². The van der Waals surface area contributed by atoms with Gasteiger partial charge in [0.25, 0.3) is 0 Å². The first kappa shape index (κ1) is 24.9. The lowest BCUT2D eigenvalue weighted by atomic mass is 10.00. The lowest BCUT2D eigenvalue weighted by Gasteiger charge is -2.39. The first-order valence-electron chi connectivity index (χ1n) is 11.9. The summed E-state index contributed by atoms with van der Waals surface area (Å²) in [4.78, 5) is 4.93. The number of benzene rings is 2. The Labute approximate surface area is 207 Å². The van der Waals surface area contributed by atoms with Crippen molar-refractivity contribution in [2.75, 3.05) is 47.5 Å². The average molecular weight is 481 g/mol. The van der Waals surface area contributed by atoms with Gasteiger partial charge in [0.1, 0.15) is 0 Å². The van der Waals surface area contributed by atoms with Gasteiger partial charge in [0, 0.05) is 32.7 Å². The predicted octanol–water partition coefficient (Wildman–Crippen LogP) is 3.36. The lowest BCUT2D eigenvalue weighted by molar-refractivity contribution is 0.0977. The molecule has 0 aliphatic carbocycles. The molecule has 9 heteroatoms. The summed E-state index contributed by atoms with van der Waals surface area (Å²) in [6, 6.07) is 14.5. The number of nitrogens with zero attached hydrogens (tertiary/aromatic N) is 6. The number of hydrogen-bond acceptors (Lipinski definition) is 8. The molecule has 1 aromatic heterocycles. The van der Waals surface area contributed by atoms with Crippen LogP contribution in [0.1, 0.15) is 43.8 Å². The SMILES string of the molecule is COc1cc([C@H](c2nnnn2C(C)(C)C)N2CCN(Cc3ccccc3)CC2)cc(OC)c1OC. The van der Waals surface area contributed by atoms with Crippen LogP contribution in [-0.2, 0) is 12.1 Å². The quantitative estimate of drug-likeness (QED) is 0.486. The van der Waals surface area contributed by atoms with Gasteiger partial charge in [0.15, 0.2) is 17.3 Å². The van der Waals surface area contributed by atoms with Crippen LogP contribution < -0.4 is 14.2 Å². The second-order valence-corrected chi connectivity index (χ2v) is 9.78. The summed E-state index contributed by atoms with van der Waals surface area (Å²) < 4.78 is 18.8. The van der Waals surface area contributed by atoms with Gasteiger partial charge in [-0.25, -0.2) is 4.68 Å². The van der Waals surface area contributed by atoms with Crippen LogP contribution in [0.5, 0.6) is 17.2 Å². The largest absolute Gasteiger partial charge is 0.493 e. The Morgan fingerprint density at radius 2 is 1.51 bits per heavy atom. The summed E-state index contributed by atoms with van der Waals surface area (Å²) in [7, 11) is 4.89. The maximum absolute atomic E-state index is 5.66. The van der Waals surface area contributed by atoms with Crippen LogP contribution in [0.25, 0.3) is 0 Å². The third-order valence-corrected chi connectivity index (χ3v) is 6.40. The predicted molar refractivity (Wildman–Crippen MR) is 134 cm³/mol. The summed E-state index contributed by atoms with van der Waals surface area (Å²) in [5, 5.41) is 12.9. The standard InChI is InChI=1S/C26H36N6O3/c1-26(2,3)32-25(27-28-29-32)23(20-16-21(33-4)24(35-6)22(17-20)34-5)31-14-12-30(13-15-31)18-19-10-8-7-9-11-19/h7-11,16-17,23H,12-15,18H2,1-6H3/t23-/m1/s1. The van der Waals surface area contributed by atoms with Crippen LogP contribution >= 0.6 is 0 Å². The van der Waals surface area contributed by atoms with Crippen molar-refractivity contribution >= 4 is 0 Å². The van der Waals surface area contributed by atoms with E-state index in [1.807, 2.05) is 16.8 Å². The van der Waals surface area contributed by atoms with Crippen molar-refractivity contribution in [2.45, 2.75) is 38.9 Å². The van der Waals surface area contributed by atoms with Crippen molar-refractivity contribution < 1.29 is 14.2 Å². The Morgan fingerprint density at radius 1 is 0.886 bits per heavy atom. The zero-order valence-corrected chi connectivity index (χ0v) is 21.6. The van der Waals surface area contributed by atoms with Gasteiger partial charge >= 0.3 is 0 Å². The number of aromatic nitrogens is 4. The lowest BCUT2D eigenvalue weighted by Crippen LogP contribution is -2.48. The minimum absolute atomic E-state index is 0.170. The van der Waals surface area contributed by atoms with Crippen molar-refractivity contribution in [3.63, 3.8) is 0 Å². The Kier molecular flexibility index (Phi) is 7.57. The van der Waals surface area contributed by atoms with E-state index in [1.54, 1.807) is 21.3 Å². The first-order valence-corrected chi connectivity index (χ1v) is 11.9. The number of methoxy groups -OCH3 is 3. The molecular weight excluding hydrogens is 444 g/mol. The van der Waals surface area contributed by atoms with Crippen molar-refractivity contribution in [2.24, 2.45) is 0 Å². The van der Waals surface area contributed by atoms with Crippen molar-refractivity contribution in [3.8, 4) is 17.2 Å². The van der Waals surface area contributed by atoms with Gasteiger partial charge in [-0.15, -0.1) is 5.10 Å². The van der Waals surface area contributed by atoms with E-state index in [4.69, 9.17) is 14.2 Å². The molecule has 0 bridgehead atoms. The molecule has 0 radical (unpaired) electrons. The Hall–Kier alpha value is -3.17. The van der Waals surface area contributed by atoms with Crippen molar-refractivity contribution in [1.82, 2.24) is 30.0 Å². The monoisotopic (exact) mass is 480 g/mol. The molecular formula is C26H36N6O3. The number of tetrazole rings is 1. The topological polar surface area (TPSA) is 77.8 Å². The highest BCUT2D eigenvalue weighted by Gasteiger charge is 2.34. The summed E-state index contributed by atoms with van der Waals surface area (Å²) in [6.45, 7) is 10.9.